The predicted octanol–water partition coefficient (Wildman–Crippen LogP) is 14.4. The molecule has 0 radical (unpaired) electrons. The molecule has 10 rings (SSSR count). The van der Waals surface area contributed by atoms with Gasteiger partial charge in [-0.2, -0.15) is 0 Å². The van der Waals surface area contributed by atoms with Crippen LogP contribution in [0.3, 0.4) is 0 Å². The molecule has 54 heavy (non-hydrogen) atoms. The van der Waals surface area contributed by atoms with Gasteiger partial charge in [-0.05, 0) is 75.5 Å². The van der Waals surface area contributed by atoms with Crippen molar-refractivity contribution in [2.45, 2.75) is 0 Å². The third-order valence-corrected chi connectivity index (χ3v) is 10.6. The Hall–Kier alpha value is -7.16. The van der Waals surface area contributed by atoms with E-state index in [2.05, 4.69) is 228 Å². The smallest absolute Gasteiger partial charge is 0.0562 e. The lowest BCUT2D eigenvalue weighted by molar-refractivity contribution is 1.18. The van der Waals surface area contributed by atoms with Crippen molar-refractivity contribution in [3.05, 3.63) is 218 Å². The highest BCUT2D eigenvalue weighted by Gasteiger charge is 2.21. The largest absolute Gasteiger partial charge is 0.310 e. The quantitative estimate of drug-likeness (QED) is 0.162. The molecule has 0 spiro atoms. The molecule has 0 atom stereocenters. The lowest BCUT2D eigenvalue weighted by Gasteiger charge is -2.28. The van der Waals surface area contributed by atoms with Crippen molar-refractivity contribution in [3.8, 4) is 39.1 Å². The average Bonchev–Trinajstić information content (AvgIpc) is 3.58. The molecule has 0 bridgehead atoms. The van der Waals surface area contributed by atoms with Crippen molar-refractivity contribution in [3.63, 3.8) is 0 Å². The van der Waals surface area contributed by atoms with E-state index in [0.717, 1.165) is 28.3 Å². The van der Waals surface area contributed by atoms with Gasteiger partial charge in [0.05, 0.1) is 22.4 Å². The molecule has 2 heteroatoms. The SMILES string of the molecule is c1ccc(-c2ccc(-c3ccccc3-n3c4ccccc4c4ccc(N(c5ccc6ccccc6c5)c5ccccc5-c5ccccc5)cc43)cc2)cc1. The van der Waals surface area contributed by atoms with E-state index in [0.29, 0.717) is 0 Å². The summed E-state index contributed by atoms with van der Waals surface area (Å²) in [6.07, 6.45) is 0. The monoisotopic (exact) mass is 688 g/mol. The van der Waals surface area contributed by atoms with Crippen LogP contribution in [0.2, 0.25) is 0 Å². The molecule has 0 N–H and O–H groups in total. The van der Waals surface area contributed by atoms with Gasteiger partial charge >= 0.3 is 0 Å². The van der Waals surface area contributed by atoms with Crippen LogP contribution in [-0.2, 0) is 0 Å². The van der Waals surface area contributed by atoms with E-state index >= 15 is 0 Å². The first-order chi connectivity index (χ1) is 26.8. The second-order valence-corrected chi connectivity index (χ2v) is 13.8. The molecule has 9 aromatic carbocycles. The van der Waals surface area contributed by atoms with Gasteiger partial charge < -0.3 is 9.47 Å². The van der Waals surface area contributed by atoms with Gasteiger partial charge in [0.2, 0.25) is 0 Å². The molecule has 2 nitrogen and oxygen atoms in total. The van der Waals surface area contributed by atoms with Crippen LogP contribution in [0.15, 0.2) is 218 Å². The van der Waals surface area contributed by atoms with Gasteiger partial charge in [-0.1, -0.05) is 176 Å². The fraction of sp³-hybridized carbons (Fsp3) is 0. The number of aromatic nitrogens is 1. The molecule has 0 aliphatic carbocycles. The zero-order chi connectivity index (χ0) is 35.8. The number of benzene rings is 9. The van der Waals surface area contributed by atoms with Crippen LogP contribution in [0, 0.1) is 0 Å². The molecule has 1 heterocycles. The van der Waals surface area contributed by atoms with Crippen LogP contribution < -0.4 is 4.90 Å². The normalized spacial score (nSPS) is 11.3. The molecule has 0 saturated heterocycles. The van der Waals surface area contributed by atoms with Crippen LogP contribution in [0.4, 0.5) is 17.1 Å². The number of anilines is 3. The molecule has 0 aliphatic rings. The van der Waals surface area contributed by atoms with Crippen molar-refractivity contribution in [2.75, 3.05) is 4.90 Å². The Morgan fingerprint density at radius 1 is 0.315 bits per heavy atom. The second kappa shape index (κ2) is 13.4. The Morgan fingerprint density at radius 3 is 1.67 bits per heavy atom. The van der Waals surface area contributed by atoms with Gasteiger partial charge in [0, 0.05) is 33.3 Å². The van der Waals surface area contributed by atoms with Crippen LogP contribution in [-0.4, -0.2) is 4.57 Å². The first kappa shape index (κ1) is 31.6. The molecule has 254 valence electrons. The molecule has 0 saturated carbocycles. The van der Waals surface area contributed by atoms with Gasteiger partial charge in [0.15, 0.2) is 0 Å². The van der Waals surface area contributed by atoms with Gasteiger partial charge in [-0.25, -0.2) is 0 Å². The van der Waals surface area contributed by atoms with Crippen LogP contribution in [0.1, 0.15) is 0 Å². The molecule has 0 fully saturated rings. The predicted molar refractivity (Wildman–Crippen MR) is 229 cm³/mol. The zero-order valence-corrected chi connectivity index (χ0v) is 29.7. The highest BCUT2D eigenvalue weighted by Crippen LogP contribution is 2.44. The number of fused-ring (bicyclic) bond motifs is 4. The highest BCUT2D eigenvalue weighted by atomic mass is 15.1. The van der Waals surface area contributed by atoms with Gasteiger partial charge in [0.25, 0.3) is 0 Å². The summed E-state index contributed by atoms with van der Waals surface area (Å²) in [5.41, 5.74) is 14.0. The van der Waals surface area contributed by atoms with E-state index in [1.807, 2.05) is 0 Å². The maximum Gasteiger partial charge on any atom is 0.0562 e. The molecular formula is C52H36N2. The van der Waals surface area contributed by atoms with Gasteiger partial charge in [0.1, 0.15) is 0 Å². The van der Waals surface area contributed by atoms with Crippen molar-refractivity contribution >= 4 is 49.6 Å². The van der Waals surface area contributed by atoms with E-state index in [4.69, 9.17) is 0 Å². The Morgan fingerprint density at radius 2 is 0.852 bits per heavy atom. The summed E-state index contributed by atoms with van der Waals surface area (Å²) in [4.78, 5) is 2.42. The van der Waals surface area contributed by atoms with E-state index < -0.39 is 0 Å². The summed E-state index contributed by atoms with van der Waals surface area (Å²) in [6.45, 7) is 0. The van der Waals surface area contributed by atoms with Gasteiger partial charge in [-0.15, -0.1) is 0 Å². The summed E-state index contributed by atoms with van der Waals surface area (Å²) < 4.78 is 2.45. The van der Waals surface area contributed by atoms with Crippen molar-refractivity contribution in [1.29, 1.82) is 0 Å². The standard InChI is InChI=1S/C52H36N2/c1-3-15-37(16-4-1)39-27-29-41(30-28-39)46-22-10-13-25-50(46)54-51-26-14-11-23-47(51)48-34-33-44(36-52(48)54)53(43-32-31-38-17-7-8-20-42(38)35-43)49-24-12-9-21-45(49)40-18-5-2-6-19-40/h1-36H. The van der Waals surface area contributed by atoms with E-state index in [-0.39, 0.29) is 0 Å². The molecule has 0 unspecified atom stereocenters. The number of hydrogen-bond acceptors (Lipinski definition) is 1. The average molecular weight is 689 g/mol. The minimum atomic E-state index is 1.09. The van der Waals surface area contributed by atoms with Crippen molar-refractivity contribution in [2.24, 2.45) is 0 Å². The first-order valence-electron chi connectivity index (χ1n) is 18.5. The maximum atomic E-state index is 2.45. The fourth-order valence-electron chi connectivity index (χ4n) is 8.02. The van der Waals surface area contributed by atoms with Crippen LogP contribution in [0.25, 0.3) is 71.6 Å². The van der Waals surface area contributed by atoms with E-state index in [1.54, 1.807) is 0 Å². The second-order valence-electron chi connectivity index (χ2n) is 13.8. The third kappa shape index (κ3) is 5.53. The number of nitrogens with zero attached hydrogens (tertiary/aromatic N) is 2. The van der Waals surface area contributed by atoms with E-state index in [9.17, 15) is 0 Å². The maximum absolute atomic E-state index is 2.45. The number of rotatable bonds is 7. The summed E-state index contributed by atoms with van der Waals surface area (Å²) in [5, 5.41) is 4.88. The third-order valence-electron chi connectivity index (χ3n) is 10.6. The molecule has 1 aromatic heterocycles. The molecule has 0 aliphatic heterocycles. The number of hydrogen-bond donors (Lipinski definition) is 0. The van der Waals surface area contributed by atoms with Crippen molar-refractivity contribution in [1.82, 2.24) is 4.57 Å². The van der Waals surface area contributed by atoms with Gasteiger partial charge in [-0.3, -0.25) is 0 Å². The van der Waals surface area contributed by atoms with Crippen molar-refractivity contribution < 1.29 is 0 Å². The minimum absolute atomic E-state index is 1.09. The number of para-hydroxylation sites is 3. The lowest BCUT2D eigenvalue weighted by atomic mass is 9.99. The highest BCUT2D eigenvalue weighted by molar-refractivity contribution is 6.11. The van der Waals surface area contributed by atoms with E-state index in [1.165, 1.54) is 60.4 Å². The summed E-state index contributed by atoms with van der Waals surface area (Å²) in [5.74, 6) is 0. The zero-order valence-electron chi connectivity index (χ0n) is 29.7. The Labute approximate surface area is 315 Å². The topological polar surface area (TPSA) is 8.17 Å². The Bertz CT molecular complexity index is 2920. The molecule has 10 aromatic rings. The lowest BCUT2D eigenvalue weighted by Crippen LogP contribution is -2.11. The Kier molecular flexibility index (Phi) is 7.85. The minimum Gasteiger partial charge on any atom is -0.310 e. The summed E-state index contributed by atoms with van der Waals surface area (Å²) >= 11 is 0. The molecule has 0 amide bonds. The summed E-state index contributed by atoms with van der Waals surface area (Å²) in [6, 6.07) is 78.9. The fourth-order valence-corrected chi connectivity index (χ4v) is 8.02. The summed E-state index contributed by atoms with van der Waals surface area (Å²) in [7, 11) is 0. The molecular weight excluding hydrogens is 653 g/mol. The Balaban J connectivity index is 1.20. The first-order valence-corrected chi connectivity index (χ1v) is 18.5. The van der Waals surface area contributed by atoms with Crippen LogP contribution in [0.5, 0.6) is 0 Å². The van der Waals surface area contributed by atoms with Crippen LogP contribution >= 0.6 is 0 Å².